The molecule has 0 aliphatic heterocycles. The quantitative estimate of drug-likeness (QED) is 0.368. The van der Waals surface area contributed by atoms with Crippen LogP contribution in [0.1, 0.15) is 37.3 Å². The van der Waals surface area contributed by atoms with Gasteiger partial charge in [0.1, 0.15) is 11.6 Å². The van der Waals surface area contributed by atoms with Gasteiger partial charge in [0.05, 0.1) is 13.2 Å². The zero-order valence-electron chi connectivity index (χ0n) is 17.1. The monoisotopic (exact) mass is 411 g/mol. The number of aryl methyl sites for hydroxylation is 1. The van der Waals surface area contributed by atoms with Gasteiger partial charge in [-0.25, -0.2) is 9.18 Å². The van der Waals surface area contributed by atoms with Crippen LogP contribution in [0.3, 0.4) is 0 Å². The Morgan fingerprint density at radius 1 is 1.03 bits per heavy atom. The summed E-state index contributed by atoms with van der Waals surface area (Å²) in [4.78, 5) is 23.1. The van der Waals surface area contributed by atoms with E-state index < -0.39 is 5.97 Å². The number of benzene rings is 2. The minimum absolute atomic E-state index is 0.0360. The van der Waals surface area contributed by atoms with E-state index in [0.29, 0.717) is 18.8 Å². The molecule has 0 aliphatic rings. The molecule has 0 aromatic heterocycles. The molecule has 2 rings (SSSR count). The van der Waals surface area contributed by atoms with E-state index >= 15 is 0 Å². The second-order valence-corrected chi connectivity index (χ2v) is 6.53. The molecule has 0 heterocycles. The summed E-state index contributed by atoms with van der Waals surface area (Å²) in [5, 5.41) is 2.78. The normalized spacial score (nSPS) is 9.93. The Hall–Kier alpha value is -3.33. The molecule has 30 heavy (non-hydrogen) atoms. The summed E-state index contributed by atoms with van der Waals surface area (Å²) in [5.41, 5.74) is 1.85. The molecular formula is C24H26FNO4. The highest BCUT2D eigenvalue weighted by molar-refractivity contribution is 5.76. The molecule has 0 bridgehead atoms. The van der Waals surface area contributed by atoms with Gasteiger partial charge in [-0.3, -0.25) is 4.79 Å². The fraction of sp³-hybridized carbons (Fsp3) is 0.333. The van der Waals surface area contributed by atoms with Crippen molar-refractivity contribution in [3.63, 3.8) is 0 Å². The van der Waals surface area contributed by atoms with Gasteiger partial charge in [-0.1, -0.05) is 24.0 Å². The van der Waals surface area contributed by atoms with Crippen LogP contribution in [0.15, 0.2) is 48.5 Å². The third kappa shape index (κ3) is 9.24. The van der Waals surface area contributed by atoms with E-state index in [1.54, 1.807) is 43.3 Å². The van der Waals surface area contributed by atoms with Gasteiger partial charge in [0.25, 0.3) is 0 Å². The Morgan fingerprint density at radius 3 is 2.47 bits per heavy atom. The molecule has 2 aromatic rings. The van der Waals surface area contributed by atoms with Gasteiger partial charge >= 0.3 is 5.97 Å². The molecule has 6 heteroatoms. The topological polar surface area (TPSA) is 64.6 Å². The highest BCUT2D eigenvalue weighted by Crippen LogP contribution is 2.11. The first-order valence-electron chi connectivity index (χ1n) is 9.95. The van der Waals surface area contributed by atoms with Crippen LogP contribution in [0.4, 0.5) is 4.39 Å². The number of halogens is 1. The maximum Gasteiger partial charge on any atom is 0.344 e. The zero-order chi connectivity index (χ0) is 21.6. The number of hydrogen-bond donors (Lipinski definition) is 1. The minimum Gasteiger partial charge on any atom is -0.482 e. The van der Waals surface area contributed by atoms with E-state index in [1.807, 2.05) is 0 Å². The van der Waals surface area contributed by atoms with E-state index in [2.05, 4.69) is 17.2 Å². The molecule has 5 nitrogen and oxygen atoms in total. The average molecular weight is 411 g/mol. The lowest BCUT2D eigenvalue weighted by molar-refractivity contribution is -0.145. The largest absolute Gasteiger partial charge is 0.482 e. The van der Waals surface area contributed by atoms with Crippen molar-refractivity contribution >= 4 is 11.9 Å². The summed E-state index contributed by atoms with van der Waals surface area (Å²) in [6, 6.07) is 13.4. The summed E-state index contributed by atoms with van der Waals surface area (Å²) in [6.07, 6.45) is 2.90. The number of unbranched alkanes of at least 4 members (excludes halogenated alkanes) is 1. The van der Waals surface area contributed by atoms with Crippen molar-refractivity contribution in [3.05, 3.63) is 65.5 Å². The molecule has 158 valence electrons. The number of carbonyl (C=O) groups excluding carboxylic acids is 2. The maximum absolute atomic E-state index is 12.9. The molecule has 1 amide bonds. The number of amides is 1. The van der Waals surface area contributed by atoms with Crippen LogP contribution < -0.4 is 10.1 Å². The second-order valence-electron chi connectivity index (χ2n) is 6.53. The van der Waals surface area contributed by atoms with Crippen LogP contribution in [-0.2, 0) is 20.7 Å². The van der Waals surface area contributed by atoms with Crippen LogP contribution in [0.25, 0.3) is 0 Å². The van der Waals surface area contributed by atoms with Crippen LogP contribution in [0.5, 0.6) is 5.75 Å². The molecule has 0 atom stereocenters. The molecule has 1 N–H and O–H groups in total. The smallest absolute Gasteiger partial charge is 0.344 e. The lowest BCUT2D eigenvalue weighted by atomic mass is 10.1. The van der Waals surface area contributed by atoms with Gasteiger partial charge in [0.2, 0.25) is 5.91 Å². The molecule has 0 spiro atoms. The maximum atomic E-state index is 12.9. The third-order valence-corrected chi connectivity index (χ3v) is 4.16. The standard InChI is InChI=1S/C24H26FNO4/c1-2-29-24(28)18-30-22-15-11-20(12-16-22)7-5-17-26-23(27)8-4-3-6-19-9-13-21(25)14-10-19/h9-16H,2-4,6,8,17-18H2,1H3,(H,26,27). The fourth-order valence-electron chi connectivity index (χ4n) is 2.62. The van der Waals surface area contributed by atoms with Crippen molar-refractivity contribution in [3.8, 4) is 17.6 Å². The molecule has 0 aliphatic carbocycles. The summed E-state index contributed by atoms with van der Waals surface area (Å²) in [7, 11) is 0. The molecular weight excluding hydrogens is 385 g/mol. The van der Waals surface area contributed by atoms with Crippen molar-refractivity contribution in [2.45, 2.75) is 32.6 Å². The zero-order valence-corrected chi connectivity index (χ0v) is 17.1. The van der Waals surface area contributed by atoms with Gasteiger partial charge in [-0.2, -0.15) is 0 Å². The first kappa shape index (κ1) is 23.0. The predicted molar refractivity (Wildman–Crippen MR) is 112 cm³/mol. The summed E-state index contributed by atoms with van der Waals surface area (Å²) >= 11 is 0. The van der Waals surface area contributed by atoms with Gasteiger partial charge in [-0.05, 0) is 68.1 Å². The van der Waals surface area contributed by atoms with E-state index in [4.69, 9.17) is 9.47 Å². The van der Waals surface area contributed by atoms with Gasteiger partial charge < -0.3 is 14.8 Å². The summed E-state index contributed by atoms with van der Waals surface area (Å²) < 4.78 is 23.0. The Labute approximate surface area is 176 Å². The molecule has 0 saturated heterocycles. The Balaban J connectivity index is 1.61. The fourth-order valence-corrected chi connectivity index (χ4v) is 2.62. The predicted octanol–water partition coefficient (Wildman–Crippen LogP) is 3.65. The van der Waals surface area contributed by atoms with Crippen LogP contribution in [0, 0.1) is 17.7 Å². The van der Waals surface area contributed by atoms with Crippen LogP contribution in [-0.4, -0.2) is 31.6 Å². The van der Waals surface area contributed by atoms with Crippen molar-refractivity contribution in [2.24, 2.45) is 0 Å². The SMILES string of the molecule is CCOC(=O)COc1ccc(C#CCNC(=O)CCCCc2ccc(F)cc2)cc1. The lowest BCUT2D eigenvalue weighted by Gasteiger charge is -2.05. The number of nitrogens with one attached hydrogen (secondary N) is 1. The number of carbonyl (C=O) groups is 2. The Morgan fingerprint density at radius 2 is 1.77 bits per heavy atom. The van der Waals surface area contributed by atoms with Gasteiger partial charge in [0.15, 0.2) is 6.61 Å². The van der Waals surface area contributed by atoms with Gasteiger partial charge in [-0.15, -0.1) is 0 Å². The summed E-state index contributed by atoms with van der Waals surface area (Å²) in [5.74, 6) is 5.75. The van der Waals surface area contributed by atoms with Crippen LogP contribution in [0.2, 0.25) is 0 Å². The minimum atomic E-state index is -0.410. The van der Waals surface area contributed by atoms with Crippen molar-refractivity contribution < 1.29 is 23.5 Å². The molecule has 0 unspecified atom stereocenters. The average Bonchev–Trinajstić information content (AvgIpc) is 2.75. The van der Waals surface area contributed by atoms with E-state index in [1.165, 1.54) is 12.1 Å². The molecule has 0 radical (unpaired) electrons. The number of ether oxygens (including phenoxy) is 2. The first-order chi connectivity index (χ1) is 14.6. The van der Waals surface area contributed by atoms with Crippen molar-refractivity contribution in [1.29, 1.82) is 0 Å². The van der Waals surface area contributed by atoms with E-state index in [9.17, 15) is 14.0 Å². The number of esters is 1. The second kappa shape index (κ2) is 13.0. The Kier molecular flexibility index (Phi) is 9.94. The first-order valence-corrected chi connectivity index (χ1v) is 9.95. The van der Waals surface area contributed by atoms with Crippen molar-refractivity contribution in [1.82, 2.24) is 5.32 Å². The third-order valence-electron chi connectivity index (χ3n) is 4.16. The molecule has 2 aromatic carbocycles. The van der Waals surface area contributed by atoms with E-state index in [-0.39, 0.29) is 24.9 Å². The summed E-state index contributed by atoms with van der Waals surface area (Å²) in [6.45, 7) is 2.21. The number of hydrogen-bond acceptors (Lipinski definition) is 4. The van der Waals surface area contributed by atoms with Gasteiger partial charge in [0, 0.05) is 12.0 Å². The molecule has 0 fully saturated rings. The highest BCUT2D eigenvalue weighted by Gasteiger charge is 2.03. The molecule has 0 saturated carbocycles. The lowest BCUT2D eigenvalue weighted by Crippen LogP contribution is -2.23. The van der Waals surface area contributed by atoms with Crippen molar-refractivity contribution in [2.75, 3.05) is 19.8 Å². The highest BCUT2D eigenvalue weighted by atomic mass is 19.1. The number of rotatable bonds is 10. The van der Waals surface area contributed by atoms with Crippen LogP contribution >= 0.6 is 0 Å². The van der Waals surface area contributed by atoms with E-state index in [0.717, 1.165) is 30.4 Å². The Bertz CT molecular complexity index is 867.